The van der Waals surface area contributed by atoms with Crippen molar-refractivity contribution in [3.05, 3.63) is 65.7 Å². The SMILES string of the molecule is CCNc1ccc(C(=O)N(C)Cc2ccccc2)cc1. The third-order valence-electron chi connectivity index (χ3n) is 3.12. The van der Waals surface area contributed by atoms with Crippen LogP contribution in [0, 0.1) is 0 Å². The molecule has 2 aromatic carbocycles. The van der Waals surface area contributed by atoms with Gasteiger partial charge >= 0.3 is 0 Å². The molecular formula is C17H20N2O. The van der Waals surface area contributed by atoms with Crippen molar-refractivity contribution in [2.75, 3.05) is 18.9 Å². The number of anilines is 1. The average Bonchev–Trinajstić information content (AvgIpc) is 2.48. The molecule has 0 fully saturated rings. The first-order chi connectivity index (χ1) is 9.70. The van der Waals surface area contributed by atoms with E-state index >= 15 is 0 Å². The van der Waals surface area contributed by atoms with Gasteiger partial charge in [-0.05, 0) is 36.8 Å². The zero-order chi connectivity index (χ0) is 14.4. The van der Waals surface area contributed by atoms with Crippen LogP contribution in [0.1, 0.15) is 22.8 Å². The fraction of sp³-hybridized carbons (Fsp3) is 0.235. The highest BCUT2D eigenvalue weighted by atomic mass is 16.2. The minimum absolute atomic E-state index is 0.0388. The molecule has 104 valence electrons. The molecule has 2 aromatic rings. The Bertz CT molecular complexity index is 549. The van der Waals surface area contributed by atoms with Crippen molar-refractivity contribution in [1.82, 2.24) is 4.90 Å². The van der Waals surface area contributed by atoms with E-state index in [0.717, 1.165) is 17.8 Å². The Morgan fingerprint density at radius 3 is 2.30 bits per heavy atom. The van der Waals surface area contributed by atoms with Gasteiger partial charge in [-0.15, -0.1) is 0 Å². The second-order valence-electron chi connectivity index (χ2n) is 4.75. The molecule has 0 atom stereocenters. The number of hydrogen-bond donors (Lipinski definition) is 1. The first-order valence-electron chi connectivity index (χ1n) is 6.84. The molecule has 0 aliphatic heterocycles. The Hall–Kier alpha value is -2.29. The molecular weight excluding hydrogens is 248 g/mol. The molecule has 0 radical (unpaired) electrons. The number of carbonyl (C=O) groups excluding carboxylic acids is 1. The van der Waals surface area contributed by atoms with Gasteiger partial charge in [0.25, 0.3) is 5.91 Å². The smallest absolute Gasteiger partial charge is 0.253 e. The Labute approximate surface area is 120 Å². The van der Waals surface area contributed by atoms with Gasteiger partial charge in [-0.25, -0.2) is 0 Å². The van der Waals surface area contributed by atoms with Crippen molar-refractivity contribution in [1.29, 1.82) is 0 Å². The van der Waals surface area contributed by atoms with E-state index in [9.17, 15) is 4.79 Å². The van der Waals surface area contributed by atoms with Gasteiger partial charge in [0.1, 0.15) is 0 Å². The van der Waals surface area contributed by atoms with E-state index in [1.165, 1.54) is 0 Å². The highest BCUT2D eigenvalue weighted by Gasteiger charge is 2.11. The van der Waals surface area contributed by atoms with Crippen LogP contribution in [0.4, 0.5) is 5.69 Å². The van der Waals surface area contributed by atoms with Crippen molar-refractivity contribution in [3.8, 4) is 0 Å². The molecule has 0 heterocycles. The van der Waals surface area contributed by atoms with Crippen LogP contribution in [-0.2, 0) is 6.54 Å². The van der Waals surface area contributed by atoms with E-state index < -0.39 is 0 Å². The van der Waals surface area contributed by atoms with Gasteiger partial charge in [0.15, 0.2) is 0 Å². The van der Waals surface area contributed by atoms with Crippen LogP contribution in [-0.4, -0.2) is 24.4 Å². The molecule has 0 aliphatic rings. The Morgan fingerprint density at radius 2 is 1.70 bits per heavy atom. The summed E-state index contributed by atoms with van der Waals surface area (Å²) >= 11 is 0. The third-order valence-corrected chi connectivity index (χ3v) is 3.12. The lowest BCUT2D eigenvalue weighted by molar-refractivity contribution is 0.0785. The molecule has 0 saturated carbocycles. The topological polar surface area (TPSA) is 32.3 Å². The van der Waals surface area contributed by atoms with Gasteiger partial charge in [-0.1, -0.05) is 30.3 Å². The predicted octanol–water partition coefficient (Wildman–Crippen LogP) is 3.39. The summed E-state index contributed by atoms with van der Waals surface area (Å²) in [4.78, 5) is 14.1. The Kier molecular flexibility index (Phi) is 4.77. The average molecular weight is 268 g/mol. The van der Waals surface area contributed by atoms with E-state index in [1.807, 2.05) is 68.6 Å². The Balaban J connectivity index is 2.03. The van der Waals surface area contributed by atoms with Crippen molar-refractivity contribution in [3.63, 3.8) is 0 Å². The Morgan fingerprint density at radius 1 is 1.05 bits per heavy atom. The van der Waals surface area contributed by atoms with E-state index in [0.29, 0.717) is 12.1 Å². The molecule has 3 heteroatoms. The number of nitrogens with one attached hydrogen (secondary N) is 1. The lowest BCUT2D eigenvalue weighted by Crippen LogP contribution is -2.26. The highest BCUT2D eigenvalue weighted by Crippen LogP contribution is 2.12. The third kappa shape index (κ3) is 3.60. The molecule has 0 saturated heterocycles. The molecule has 2 rings (SSSR count). The molecule has 0 unspecified atom stereocenters. The number of benzene rings is 2. The molecule has 0 bridgehead atoms. The number of rotatable bonds is 5. The van der Waals surface area contributed by atoms with Gasteiger partial charge in [0.05, 0.1) is 0 Å². The number of hydrogen-bond acceptors (Lipinski definition) is 2. The maximum atomic E-state index is 12.3. The lowest BCUT2D eigenvalue weighted by Gasteiger charge is -2.17. The number of carbonyl (C=O) groups is 1. The standard InChI is InChI=1S/C17H20N2O/c1-3-18-16-11-9-15(10-12-16)17(20)19(2)13-14-7-5-4-6-8-14/h4-12,18H,3,13H2,1-2H3. The van der Waals surface area contributed by atoms with Gasteiger partial charge in [-0.3, -0.25) is 4.79 Å². The highest BCUT2D eigenvalue weighted by molar-refractivity contribution is 5.94. The number of nitrogens with zero attached hydrogens (tertiary/aromatic N) is 1. The summed E-state index contributed by atoms with van der Waals surface area (Å²) < 4.78 is 0. The van der Waals surface area contributed by atoms with E-state index in [2.05, 4.69) is 5.32 Å². The van der Waals surface area contributed by atoms with Crippen LogP contribution in [0.25, 0.3) is 0 Å². The summed E-state index contributed by atoms with van der Waals surface area (Å²) in [5, 5.41) is 3.22. The minimum atomic E-state index is 0.0388. The van der Waals surface area contributed by atoms with Crippen molar-refractivity contribution < 1.29 is 4.79 Å². The van der Waals surface area contributed by atoms with Gasteiger partial charge in [-0.2, -0.15) is 0 Å². The molecule has 1 amide bonds. The first kappa shape index (κ1) is 14.1. The fourth-order valence-corrected chi connectivity index (χ4v) is 2.08. The molecule has 1 N–H and O–H groups in total. The molecule has 0 aromatic heterocycles. The van der Waals surface area contributed by atoms with Crippen molar-refractivity contribution in [2.45, 2.75) is 13.5 Å². The maximum absolute atomic E-state index is 12.3. The molecule has 0 spiro atoms. The largest absolute Gasteiger partial charge is 0.385 e. The van der Waals surface area contributed by atoms with Crippen LogP contribution in [0.2, 0.25) is 0 Å². The van der Waals surface area contributed by atoms with Crippen LogP contribution < -0.4 is 5.32 Å². The zero-order valence-electron chi connectivity index (χ0n) is 12.0. The fourth-order valence-electron chi connectivity index (χ4n) is 2.08. The van der Waals surface area contributed by atoms with Crippen LogP contribution in [0.3, 0.4) is 0 Å². The normalized spacial score (nSPS) is 10.1. The van der Waals surface area contributed by atoms with Gasteiger partial charge < -0.3 is 10.2 Å². The first-order valence-corrected chi connectivity index (χ1v) is 6.84. The van der Waals surface area contributed by atoms with Crippen LogP contribution in [0.5, 0.6) is 0 Å². The minimum Gasteiger partial charge on any atom is -0.385 e. The maximum Gasteiger partial charge on any atom is 0.253 e. The van der Waals surface area contributed by atoms with E-state index in [-0.39, 0.29) is 5.91 Å². The van der Waals surface area contributed by atoms with Crippen molar-refractivity contribution in [2.24, 2.45) is 0 Å². The second kappa shape index (κ2) is 6.75. The predicted molar refractivity (Wildman–Crippen MR) is 82.8 cm³/mol. The second-order valence-corrected chi connectivity index (χ2v) is 4.75. The quantitative estimate of drug-likeness (QED) is 0.901. The van der Waals surface area contributed by atoms with Crippen LogP contribution in [0.15, 0.2) is 54.6 Å². The summed E-state index contributed by atoms with van der Waals surface area (Å²) in [5.41, 5.74) is 2.88. The monoisotopic (exact) mass is 268 g/mol. The van der Waals surface area contributed by atoms with Crippen molar-refractivity contribution >= 4 is 11.6 Å². The summed E-state index contributed by atoms with van der Waals surface area (Å²) in [6.07, 6.45) is 0. The summed E-state index contributed by atoms with van der Waals surface area (Å²) in [7, 11) is 1.83. The summed E-state index contributed by atoms with van der Waals surface area (Å²) in [5.74, 6) is 0.0388. The molecule has 20 heavy (non-hydrogen) atoms. The van der Waals surface area contributed by atoms with Gasteiger partial charge in [0, 0.05) is 31.4 Å². The number of amides is 1. The van der Waals surface area contributed by atoms with E-state index in [1.54, 1.807) is 4.90 Å². The van der Waals surface area contributed by atoms with Crippen LogP contribution >= 0.6 is 0 Å². The van der Waals surface area contributed by atoms with E-state index in [4.69, 9.17) is 0 Å². The van der Waals surface area contributed by atoms with Gasteiger partial charge in [0.2, 0.25) is 0 Å². The summed E-state index contributed by atoms with van der Waals surface area (Å²) in [6.45, 7) is 3.54. The molecule has 0 aliphatic carbocycles. The zero-order valence-corrected chi connectivity index (χ0v) is 12.0. The summed E-state index contributed by atoms with van der Waals surface area (Å²) in [6, 6.07) is 17.6. The lowest BCUT2D eigenvalue weighted by atomic mass is 10.1. The molecule has 3 nitrogen and oxygen atoms in total.